The average Bonchev–Trinajstić information content (AvgIpc) is 2.71. The zero-order chi connectivity index (χ0) is 15.4. The van der Waals surface area contributed by atoms with Crippen LogP contribution in [0.4, 0.5) is 26.3 Å². The number of hydrogen-bond acceptors (Lipinski definition) is 4. The predicted molar refractivity (Wildman–Crippen MR) is 55.0 cm³/mol. The third-order valence-corrected chi connectivity index (χ3v) is 2.08. The molecule has 0 radical (unpaired) electrons. The maximum Gasteiger partial charge on any atom is 0.434 e. The molecule has 0 saturated heterocycles. The number of aromatic nitrogens is 1. The summed E-state index contributed by atoms with van der Waals surface area (Å²) in [6, 6.07) is 0. The van der Waals surface area contributed by atoms with Crippen LogP contribution in [-0.2, 0) is 6.54 Å². The van der Waals surface area contributed by atoms with Crippen LogP contribution < -0.4 is 10.1 Å². The molecule has 1 N–H and O–H groups in total. The lowest BCUT2D eigenvalue weighted by atomic mass is 10.3. The molecule has 0 bridgehead atoms. The van der Waals surface area contributed by atoms with Gasteiger partial charge in [0.25, 0.3) is 6.10 Å². The van der Waals surface area contributed by atoms with Crippen molar-refractivity contribution in [3.05, 3.63) is 12.0 Å². The SMILES string of the molecule is CCCNCc1coc(OC(C(F)(F)F)C(F)(F)F)n1. The van der Waals surface area contributed by atoms with Crippen molar-refractivity contribution >= 4 is 0 Å². The van der Waals surface area contributed by atoms with E-state index in [4.69, 9.17) is 0 Å². The standard InChI is InChI=1S/C10H12F6N2O2/c1-2-3-17-4-6-5-19-8(18-6)20-7(9(11,12)13)10(14,15)16/h5,7,17H,2-4H2,1H3. The molecule has 4 nitrogen and oxygen atoms in total. The van der Waals surface area contributed by atoms with Crippen molar-refractivity contribution < 1.29 is 35.5 Å². The first kappa shape index (κ1) is 16.6. The molecule has 0 aromatic carbocycles. The first-order valence-corrected chi connectivity index (χ1v) is 5.59. The van der Waals surface area contributed by atoms with E-state index in [1.807, 2.05) is 6.92 Å². The van der Waals surface area contributed by atoms with Gasteiger partial charge in [-0.25, -0.2) is 0 Å². The van der Waals surface area contributed by atoms with Gasteiger partial charge in [0, 0.05) is 6.54 Å². The molecule has 0 aliphatic carbocycles. The van der Waals surface area contributed by atoms with Gasteiger partial charge >= 0.3 is 18.4 Å². The Morgan fingerprint density at radius 3 is 2.35 bits per heavy atom. The van der Waals surface area contributed by atoms with Gasteiger partial charge in [0.05, 0.1) is 5.69 Å². The normalized spacial score (nSPS) is 13.0. The van der Waals surface area contributed by atoms with Gasteiger partial charge in [-0.05, 0) is 13.0 Å². The fourth-order valence-electron chi connectivity index (χ4n) is 1.24. The smallest absolute Gasteiger partial charge is 0.427 e. The van der Waals surface area contributed by atoms with Crippen LogP contribution in [-0.4, -0.2) is 30.0 Å². The van der Waals surface area contributed by atoms with Crippen LogP contribution in [0.3, 0.4) is 0 Å². The van der Waals surface area contributed by atoms with Crippen LogP contribution in [0.1, 0.15) is 19.0 Å². The Hall–Kier alpha value is -1.45. The van der Waals surface area contributed by atoms with Gasteiger partial charge in [0.1, 0.15) is 6.26 Å². The van der Waals surface area contributed by atoms with Gasteiger partial charge in [0.15, 0.2) is 0 Å². The van der Waals surface area contributed by atoms with Crippen molar-refractivity contribution in [1.82, 2.24) is 10.3 Å². The van der Waals surface area contributed by atoms with Crippen LogP contribution in [0, 0.1) is 0 Å². The highest BCUT2D eigenvalue weighted by Crippen LogP contribution is 2.36. The van der Waals surface area contributed by atoms with Crippen molar-refractivity contribution in [1.29, 1.82) is 0 Å². The van der Waals surface area contributed by atoms with Gasteiger partial charge < -0.3 is 14.5 Å². The number of nitrogens with one attached hydrogen (secondary N) is 1. The number of halogens is 6. The van der Waals surface area contributed by atoms with Crippen LogP contribution in [0.25, 0.3) is 0 Å². The second-order valence-corrected chi connectivity index (χ2v) is 3.86. The summed E-state index contributed by atoms with van der Waals surface area (Å²) in [5, 5.41) is 2.86. The van der Waals surface area contributed by atoms with Crippen molar-refractivity contribution in [2.24, 2.45) is 0 Å². The number of ether oxygens (including phenoxy) is 1. The van der Waals surface area contributed by atoms with Gasteiger partial charge in [-0.1, -0.05) is 6.92 Å². The molecule has 0 atom stereocenters. The van der Waals surface area contributed by atoms with E-state index in [-0.39, 0.29) is 12.2 Å². The number of nitrogens with zero attached hydrogens (tertiary/aromatic N) is 1. The number of hydrogen-bond donors (Lipinski definition) is 1. The van der Waals surface area contributed by atoms with E-state index in [2.05, 4.69) is 19.5 Å². The summed E-state index contributed by atoms with van der Waals surface area (Å²) in [5.41, 5.74) is 0.150. The molecule has 0 aliphatic heterocycles. The Kier molecular flexibility index (Phi) is 5.26. The van der Waals surface area contributed by atoms with Gasteiger partial charge in [-0.3, -0.25) is 0 Å². The largest absolute Gasteiger partial charge is 0.434 e. The molecule has 1 rings (SSSR count). The van der Waals surface area contributed by atoms with Crippen molar-refractivity contribution in [2.45, 2.75) is 38.3 Å². The number of rotatable bonds is 6. The molecule has 0 fully saturated rings. The number of oxazole rings is 1. The fraction of sp³-hybridized carbons (Fsp3) is 0.700. The summed E-state index contributed by atoms with van der Waals surface area (Å²) >= 11 is 0. The predicted octanol–water partition coefficient (Wildman–Crippen LogP) is 3.05. The molecule has 0 saturated carbocycles. The summed E-state index contributed by atoms with van der Waals surface area (Å²) in [7, 11) is 0. The zero-order valence-corrected chi connectivity index (χ0v) is 10.3. The Morgan fingerprint density at radius 2 is 1.85 bits per heavy atom. The lowest BCUT2D eigenvalue weighted by molar-refractivity contribution is -0.303. The topological polar surface area (TPSA) is 47.3 Å². The van der Waals surface area contributed by atoms with E-state index >= 15 is 0 Å². The molecule has 1 aromatic heterocycles. The Morgan fingerprint density at radius 1 is 1.25 bits per heavy atom. The molecular formula is C10H12F6N2O2. The monoisotopic (exact) mass is 306 g/mol. The molecule has 20 heavy (non-hydrogen) atoms. The lowest BCUT2D eigenvalue weighted by Gasteiger charge is -2.21. The van der Waals surface area contributed by atoms with Crippen molar-refractivity contribution in [3.8, 4) is 6.08 Å². The Labute approximate surface area is 110 Å². The highest BCUT2D eigenvalue weighted by Gasteiger charge is 2.59. The summed E-state index contributed by atoms with van der Waals surface area (Å²) in [6.45, 7) is 2.67. The van der Waals surface area contributed by atoms with Crippen LogP contribution in [0.15, 0.2) is 10.7 Å². The van der Waals surface area contributed by atoms with Crippen molar-refractivity contribution in [2.75, 3.05) is 6.54 Å². The first-order chi connectivity index (χ1) is 9.14. The molecule has 0 unspecified atom stereocenters. The molecule has 116 valence electrons. The summed E-state index contributed by atoms with van der Waals surface area (Å²) in [5.74, 6) is 0. The van der Waals surface area contributed by atoms with E-state index in [1.165, 1.54) is 0 Å². The minimum Gasteiger partial charge on any atom is -0.427 e. The van der Waals surface area contributed by atoms with E-state index < -0.39 is 24.5 Å². The highest BCUT2D eigenvalue weighted by molar-refractivity contribution is 5.00. The molecule has 1 aromatic rings. The maximum atomic E-state index is 12.2. The first-order valence-electron chi connectivity index (χ1n) is 5.59. The van der Waals surface area contributed by atoms with Gasteiger partial charge in [-0.2, -0.15) is 31.3 Å². The third-order valence-electron chi connectivity index (χ3n) is 2.08. The van der Waals surface area contributed by atoms with Crippen LogP contribution >= 0.6 is 0 Å². The molecule has 0 amide bonds. The van der Waals surface area contributed by atoms with Gasteiger partial charge in [-0.15, -0.1) is 0 Å². The fourth-order valence-corrected chi connectivity index (χ4v) is 1.24. The lowest BCUT2D eigenvalue weighted by Crippen LogP contribution is -2.46. The zero-order valence-electron chi connectivity index (χ0n) is 10.3. The third kappa shape index (κ3) is 4.91. The molecule has 10 heteroatoms. The van der Waals surface area contributed by atoms with E-state index in [1.54, 1.807) is 0 Å². The maximum absolute atomic E-state index is 12.2. The Bertz CT molecular complexity index is 401. The molecule has 1 heterocycles. The summed E-state index contributed by atoms with van der Waals surface area (Å²) in [6.07, 6.45) is -14.5. The molecular weight excluding hydrogens is 294 g/mol. The highest BCUT2D eigenvalue weighted by atomic mass is 19.4. The second kappa shape index (κ2) is 6.33. The summed E-state index contributed by atoms with van der Waals surface area (Å²) < 4.78 is 81.6. The molecule has 0 aliphatic rings. The Balaban J connectivity index is 2.70. The quantitative estimate of drug-likeness (QED) is 0.648. The second-order valence-electron chi connectivity index (χ2n) is 3.86. The van der Waals surface area contributed by atoms with E-state index in [9.17, 15) is 26.3 Å². The van der Waals surface area contributed by atoms with Crippen molar-refractivity contribution in [3.63, 3.8) is 0 Å². The minimum atomic E-state index is -5.60. The van der Waals surface area contributed by atoms with E-state index in [0.717, 1.165) is 12.7 Å². The van der Waals surface area contributed by atoms with Crippen LogP contribution in [0.5, 0.6) is 6.08 Å². The average molecular weight is 306 g/mol. The number of alkyl halides is 6. The minimum absolute atomic E-state index is 0.150. The molecule has 0 spiro atoms. The van der Waals surface area contributed by atoms with Gasteiger partial charge in [0.2, 0.25) is 0 Å². The van der Waals surface area contributed by atoms with E-state index in [0.29, 0.717) is 6.54 Å². The van der Waals surface area contributed by atoms with Crippen LogP contribution in [0.2, 0.25) is 0 Å². The summed E-state index contributed by atoms with van der Waals surface area (Å²) in [4.78, 5) is 3.40.